The number of carbonyl (C=O) groups excluding carboxylic acids is 2. The second kappa shape index (κ2) is 7.20. The summed E-state index contributed by atoms with van der Waals surface area (Å²) >= 11 is 0. The highest BCUT2D eigenvalue weighted by atomic mass is 16.5. The van der Waals surface area contributed by atoms with Crippen LogP contribution in [0.5, 0.6) is 0 Å². The number of hydrogen-bond donors (Lipinski definition) is 1. The second-order valence-electron chi connectivity index (χ2n) is 5.46. The Morgan fingerprint density at radius 3 is 2.56 bits per heavy atom. The van der Waals surface area contributed by atoms with Crippen LogP contribution in [0.2, 0.25) is 0 Å². The number of nitrogens with zero attached hydrogens (tertiary/aromatic N) is 4. The van der Waals surface area contributed by atoms with Gasteiger partial charge in [-0.25, -0.2) is 9.78 Å². The first-order valence-electron chi connectivity index (χ1n) is 7.98. The number of ether oxygens (including phenoxy) is 1. The van der Waals surface area contributed by atoms with Gasteiger partial charge in [0.2, 0.25) is 0 Å². The van der Waals surface area contributed by atoms with Gasteiger partial charge in [-0.1, -0.05) is 6.07 Å². The number of primary amides is 1. The molecule has 2 aromatic heterocycles. The molecule has 2 N–H and O–H groups in total. The van der Waals surface area contributed by atoms with E-state index in [1.165, 1.54) is 6.26 Å². The van der Waals surface area contributed by atoms with Crippen molar-refractivity contribution in [1.29, 1.82) is 0 Å². The molecule has 0 aromatic carbocycles. The zero-order valence-electron chi connectivity index (χ0n) is 13.8. The number of rotatable bonds is 5. The summed E-state index contributed by atoms with van der Waals surface area (Å²) < 4.78 is 10.3. The van der Waals surface area contributed by atoms with Gasteiger partial charge in [0.1, 0.15) is 17.8 Å². The Balaban J connectivity index is 1.63. The maximum absolute atomic E-state index is 11.6. The van der Waals surface area contributed by atoms with Gasteiger partial charge in [-0.15, -0.1) is 0 Å². The monoisotopic (exact) mass is 345 g/mol. The van der Waals surface area contributed by atoms with Gasteiger partial charge in [0.15, 0.2) is 5.69 Å². The number of aromatic nitrogens is 2. The lowest BCUT2D eigenvalue weighted by Gasteiger charge is -2.34. The normalized spacial score (nSPS) is 14.4. The van der Waals surface area contributed by atoms with Gasteiger partial charge in [-0.05, 0) is 19.1 Å². The van der Waals surface area contributed by atoms with E-state index in [2.05, 4.69) is 14.9 Å². The number of piperazine rings is 1. The average molecular weight is 345 g/mol. The van der Waals surface area contributed by atoms with Gasteiger partial charge < -0.3 is 24.7 Å². The van der Waals surface area contributed by atoms with Gasteiger partial charge in [-0.3, -0.25) is 4.79 Å². The van der Waals surface area contributed by atoms with Crippen LogP contribution in [0.25, 0.3) is 0 Å². The lowest BCUT2D eigenvalue weighted by Crippen LogP contribution is -2.47. The fraction of sp³-hybridized carbons (Fsp3) is 0.375. The van der Waals surface area contributed by atoms with Crippen LogP contribution in [0.1, 0.15) is 27.9 Å². The molecule has 3 rings (SSSR count). The van der Waals surface area contributed by atoms with Crippen molar-refractivity contribution in [1.82, 2.24) is 9.97 Å². The molecule has 9 nitrogen and oxygen atoms in total. The summed E-state index contributed by atoms with van der Waals surface area (Å²) in [6.45, 7) is 4.66. The van der Waals surface area contributed by atoms with Crippen LogP contribution < -0.4 is 15.5 Å². The van der Waals surface area contributed by atoms with Crippen LogP contribution >= 0.6 is 0 Å². The van der Waals surface area contributed by atoms with Crippen LogP contribution in [-0.4, -0.2) is 54.6 Å². The minimum Gasteiger partial charge on any atom is -0.461 e. The minimum absolute atomic E-state index is 0.162. The van der Waals surface area contributed by atoms with Crippen molar-refractivity contribution in [2.24, 2.45) is 5.73 Å². The molecular weight excluding hydrogens is 326 g/mol. The molecule has 1 aliphatic rings. The highest BCUT2D eigenvalue weighted by Gasteiger charge is 2.23. The number of amides is 1. The number of oxazole rings is 1. The topological polar surface area (TPSA) is 115 Å². The molecule has 2 aromatic rings. The van der Waals surface area contributed by atoms with Crippen molar-refractivity contribution < 1.29 is 18.7 Å². The Bertz CT molecular complexity index is 767. The molecule has 0 bridgehead atoms. The van der Waals surface area contributed by atoms with Crippen LogP contribution in [0.3, 0.4) is 0 Å². The van der Waals surface area contributed by atoms with Crippen LogP contribution in [-0.2, 0) is 4.74 Å². The molecule has 0 aliphatic carbocycles. The molecule has 1 saturated heterocycles. The third kappa shape index (κ3) is 3.70. The van der Waals surface area contributed by atoms with E-state index in [4.69, 9.17) is 14.9 Å². The van der Waals surface area contributed by atoms with E-state index in [9.17, 15) is 9.59 Å². The molecular formula is C16H19N5O4. The lowest BCUT2D eigenvalue weighted by atomic mass is 10.3. The SMILES string of the molecule is CCOC(=O)c1coc(N2CCN(c3cccc(C(N)=O)n3)CC2)n1. The molecule has 0 atom stereocenters. The van der Waals surface area contributed by atoms with Crippen molar-refractivity contribution in [2.45, 2.75) is 6.92 Å². The van der Waals surface area contributed by atoms with Gasteiger partial charge in [0.25, 0.3) is 11.9 Å². The van der Waals surface area contributed by atoms with E-state index in [1.807, 2.05) is 11.0 Å². The Hall–Kier alpha value is -3.10. The van der Waals surface area contributed by atoms with Crippen molar-refractivity contribution in [2.75, 3.05) is 42.6 Å². The zero-order valence-corrected chi connectivity index (χ0v) is 13.8. The quantitative estimate of drug-likeness (QED) is 0.786. The van der Waals surface area contributed by atoms with Crippen LogP contribution in [0, 0.1) is 0 Å². The molecule has 1 aliphatic heterocycles. The number of esters is 1. The molecule has 0 unspecified atom stereocenters. The third-order valence-electron chi connectivity index (χ3n) is 3.84. The molecule has 132 valence electrons. The van der Waals surface area contributed by atoms with Crippen molar-refractivity contribution >= 4 is 23.7 Å². The van der Waals surface area contributed by atoms with Gasteiger partial charge in [-0.2, -0.15) is 4.98 Å². The highest BCUT2D eigenvalue weighted by molar-refractivity contribution is 5.91. The Kier molecular flexibility index (Phi) is 4.82. The minimum atomic E-state index is -0.549. The summed E-state index contributed by atoms with van der Waals surface area (Å²) in [7, 11) is 0. The molecule has 0 saturated carbocycles. The number of hydrogen-bond acceptors (Lipinski definition) is 8. The summed E-state index contributed by atoms with van der Waals surface area (Å²) in [6, 6.07) is 5.58. The second-order valence-corrected chi connectivity index (χ2v) is 5.46. The lowest BCUT2D eigenvalue weighted by molar-refractivity contribution is 0.0519. The van der Waals surface area contributed by atoms with Gasteiger partial charge in [0, 0.05) is 26.2 Å². The third-order valence-corrected chi connectivity index (χ3v) is 3.84. The Labute approximate surface area is 144 Å². The zero-order chi connectivity index (χ0) is 17.8. The standard InChI is InChI=1S/C16H19N5O4/c1-2-24-15(23)12-10-25-16(19-12)21-8-6-20(7-9-21)13-5-3-4-11(18-13)14(17)22/h3-5,10H,2,6-9H2,1H3,(H2,17,22). The molecule has 9 heteroatoms. The van der Waals surface area contributed by atoms with Crippen molar-refractivity contribution in [3.8, 4) is 0 Å². The largest absolute Gasteiger partial charge is 0.461 e. The van der Waals surface area contributed by atoms with Crippen molar-refractivity contribution in [3.63, 3.8) is 0 Å². The molecule has 0 spiro atoms. The smallest absolute Gasteiger partial charge is 0.360 e. The molecule has 0 radical (unpaired) electrons. The Morgan fingerprint density at radius 1 is 1.16 bits per heavy atom. The fourth-order valence-electron chi connectivity index (χ4n) is 2.57. The Morgan fingerprint density at radius 2 is 1.88 bits per heavy atom. The van der Waals surface area contributed by atoms with E-state index < -0.39 is 11.9 Å². The van der Waals surface area contributed by atoms with E-state index in [1.54, 1.807) is 19.1 Å². The fourth-order valence-corrected chi connectivity index (χ4v) is 2.57. The number of pyridine rings is 1. The predicted octanol–water partition coefficient (Wildman–Crippen LogP) is 0.672. The molecule has 1 amide bonds. The average Bonchev–Trinajstić information content (AvgIpc) is 3.12. The predicted molar refractivity (Wildman–Crippen MR) is 89.6 cm³/mol. The van der Waals surface area contributed by atoms with Crippen LogP contribution in [0.4, 0.5) is 11.8 Å². The first-order valence-corrected chi connectivity index (χ1v) is 7.98. The summed E-state index contributed by atoms with van der Waals surface area (Å²) in [4.78, 5) is 35.3. The number of nitrogens with two attached hydrogens (primary N) is 1. The summed E-state index contributed by atoms with van der Waals surface area (Å²) in [5, 5.41) is 0. The highest BCUT2D eigenvalue weighted by Crippen LogP contribution is 2.19. The summed E-state index contributed by atoms with van der Waals surface area (Å²) in [6.07, 6.45) is 1.30. The van der Waals surface area contributed by atoms with E-state index in [0.29, 0.717) is 38.0 Å². The molecule has 25 heavy (non-hydrogen) atoms. The first-order chi connectivity index (χ1) is 12.1. The molecule has 3 heterocycles. The number of carbonyl (C=O) groups is 2. The van der Waals surface area contributed by atoms with Gasteiger partial charge in [0.05, 0.1) is 6.61 Å². The molecule has 1 fully saturated rings. The van der Waals surface area contributed by atoms with Crippen LogP contribution in [0.15, 0.2) is 28.9 Å². The van der Waals surface area contributed by atoms with E-state index >= 15 is 0 Å². The summed E-state index contributed by atoms with van der Waals surface area (Å²) in [5.41, 5.74) is 5.68. The summed E-state index contributed by atoms with van der Waals surface area (Å²) in [5.74, 6) is -0.342. The number of anilines is 2. The first kappa shape index (κ1) is 16.7. The maximum atomic E-state index is 11.6. The van der Waals surface area contributed by atoms with Crippen molar-refractivity contribution in [3.05, 3.63) is 35.9 Å². The van der Waals surface area contributed by atoms with Gasteiger partial charge >= 0.3 is 5.97 Å². The van der Waals surface area contributed by atoms with E-state index in [0.717, 1.165) is 0 Å². The van der Waals surface area contributed by atoms with E-state index in [-0.39, 0.29) is 18.0 Å². The maximum Gasteiger partial charge on any atom is 0.360 e.